The summed E-state index contributed by atoms with van der Waals surface area (Å²) in [7, 11) is 0. The van der Waals surface area contributed by atoms with E-state index in [1.807, 2.05) is 76.2 Å². The maximum atomic E-state index is 12.6. The fraction of sp³-hybridized carbons (Fsp3) is 0.320. The third-order valence-electron chi connectivity index (χ3n) is 4.70. The van der Waals surface area contributed by atoms with Crippen molar-refractivity contribution in [1.82, 2.24) is 9.38 Å². The first kappa shape index (κ1) is 22.9. The fourth-order valence-electron chi connectivity index (χ4n) is 2.95. The number of aromatic nitrogens is 2. The van der Waals surface area contributed by atoms with Gasteiger partial charge in [0.2, 0.25) is 5.88 Å². The lowest BCUT2D eigenvalue weighted by atomic mass is 10.2. The molecule has 7 heteroatoms. The lowest BCUT2D eigenvalue weighted by Crippen LogP contribution is -2.11. The summed E-state index contributed by atoms with van der Waals surface area (Å²) in [4.78, 5) is 17.2. The van der Waals surface area contributed by atoms with Gasteiger partial charge in [0.25, 0.3) is 0 Å². The third kappa shape index (κ3) is 5.46. The molecule has 0 fully saturated rings. The Morgan fingerprint density at radius 1 is 1.16 bits per heavy atom. The number of benzene rings is 1. The van der Waals surface area contributed by atoms with Gasteiger partial charge >= 0.3 is 5.97 Å². The van der Waals surface area contributed by atoms with Gasteiger partial charge in [0, 0.05) is 6.20 Å². The van der Waals surface area contributed by atoms with Crippen molar-refractivity contribution in [3.8, 4) is 17.7 Å². The highest BCUT2D eigenvalue weighted by molar-refractivity contribution is 5.98. The highest BCUT2D eigenvalue weighted by atomic mass is 16.5. The Balaban J connectivity index is 1.99. The van der Waals surface area contributed by atoms with Gasteiger partial charge in [-0.1, -0.05) is 37.3 Å². The second-order valence-electron chi connectivity index (χ2n) is 7.60. The van der Waals surface area contributed by atoms with Crippen molar-refractivity contribution in [1.29, 1.82) is 5.26 Å². The standard InChI is InChI=1S/C25H27N3O4/c1-5-18(4)32-24-21(28-13-9-12-22(23(28)27-24)31-17(2)3)14-20(15-26)25(29)30-16-19-10-7-6-8-11-19/h6-14,17-18H,5,16H2,1-4H3. The summed E-state index contributed by atoms with van der Waals surface area (Å²) in [6.45, 7) is 7.88. The molecule has 1 atom stereocenters. The Labute approximate surface area is 187 Å². The average Bonchev–Trinajstić information content (AvgIpc) is 3.13. The van der Waals surface area contributed by atoms with E-state index in [1.54, 1.807) is 10.6 Å². The molecular weight excluding hydrogens is 406 g/mol. The number of rotatable bonds is 9. The van der Waals surface area contributed by atoms with E-state index >= 15 is 0 Å². The van der Waals surface area contributed by atoms with E-state index in [-0.39, 0.29) is 24.4 Å². The normalized spacial score (nSPS) is 12.4. The zero-order valence-corrected chi connectivity index (χ0v) is 18.7. The molecule has 0 aliphatic rings. The van der Waals surface area contributed by atoms with Crippen molar-refractivity contribution in [3.63, 3.8) is 0 Å². The molecule has 0 aliphatic carbocycles. The van der Waals surface area contributed by atoms with Crippen LogP contribution in [0.2, 0.25) is 0 Å². The van der Waals surface area contributed by atoms with Crippen molar-refractivity contribution in [2.75, 3.05) is 0 Å². The minimum atomic E-state index is -0.713. The number of carbonyl (C=O) groups is 1. The van der Waals surface area contributed by atoms with E-state index < -0.39 is 5.97 Å². The molecule has 32 heavy (non-hydrogen) atoms. The number of esters is 1. The monoisotopic (exact) mass is 433 g/mol. The summed E-state index contributed by atoms with van der Waals surface area (Å²) >= 11 is 0. The lowest BCUT2D eigenvalue weighted by molar-refractivity contribution is -0.139. The maximum Gasteiger partial charge on any atom is 0.349 e. The van der Waals surface area contributed by atoms with E-state index in [2.05, 4.69) is 4.98 Å². The van der Waals surface area contributed by atoms with E-state index in [4.69, 9.17) is 14.2 Å². The smallest absolute Gasteiger partial charge is 0.349 e. The molecular formula is C25H27N3O4. The molecule has 0 bridgehead atoms. The van der Waals surface area contributed by atoms with Crippen LogP contribution in [0.3, 0.4) is 0 Å². The first-order chi connectivity index (χ1) is 15.4. The Hall–Kier alpha value is -3.79. The van der Waals surface area contributed by atoms with Crippen LogP contribution in [0.5, 0.6) is 11.6 Å². The topological polar surface area (TPSA) is 85.9 Å². The molecule has 0 radical (unpaired) electrons. The number of hydrogen-bond donors (Lipinski definition) is 0. The summed E-state index contributed by atoms with van der Waals surface area (Å²) in [5, 5.41) is 9.64. The van der Waals surface area contributed by atoms with Gasteiger partial charge in [-0.05, 0) is 51.0 Å². The molecule has 0 spiro atoms. The Bertz CT molecular complexity index is 1140. The van der Waals surface area contributed by atoms with Crippen molar-refractivity contribution >= 4 is 17.7 Å². The predicted molar refractivity (Wildman–Crippen MR) is 121 cm³/mol. The summed E-state index contributed by atoms with van der Waals surface area (Å²) < 4.78 is 19.0. The van der Waals surface area contributed by atoms with Crippen LogP contribution in [-0.2, 0) is 16.1 Å². The number of nitrogens with zero attached hydrogens (tertiary/aromatic N) is 3. The molecule has 3 aromatic rings. The van der Waals surface area contributed by atoms with Crippen LogP contribution in [0.15, 0.2) is 54.2 Å². The molecule has 0 saturated heterocycles. The molecule has 7 nitrogen and oxygen atoms in total. The Morgan fingerprint density at radius 3 is 2.56 bits per heavy atom. The van der Waals surface area contributed by atoms with Gasteiger partial charge < -0.3 is 14.2 Å². The van der Waals surface area contributed by atoms with Crippen LogP contribution >= 0.6 is 0 Å². The number of pyridine rings is 1. The van der Waals surface area contributed by atoms with Gasteiger partial charge in [0.05, 0.1) is 12.2 Å². The van der Waals surface area contributed by atoms with Crippen LogP contribution in [0, 0.1) is 11.3 Å². The number of nitriles is 1. The second-order valence-corrected chi connectivity index (χ2v) is 7.60. The highest BCUT2D eigenvalue weighted by Gasteiger charge is 2.20. The lowest BCUT2D eigenvalue weighted by Gasteiger charge is -2.11. The van der Waals surface area contributed by atoms with E-state index in [0.717, 1.165) is 12.0 Å². The first-order valence-corrected chi connectivity index (χ1v) is 10.6. The van der Waals surface area contributed by atoms with Gasteiger partial charge in [-0.25, -0.2) is 4.79 Å². The van der Waals surface area contributed by atoms with Crippen molar-refractivity contribution in [2.24, 2.45) is 0 Å². The minimum absolute atomic E-state index is 0.0431. The molecule has 1 aromatic carbocycles. The van der Waals surface area contributed by atoms with Crippen molar-refractivity contribution < 1.29 is 19.0 Å². The quantitative estimate of drug-likeness (QED) is 0.270. The second kappa shape index (κ2) is 10.5. The number of carbonyl (C=O) groups excluding carboxylic acids is 1. The maximum absolute atomic E-state index is 12.6. The van der Waals surface area contributed by atoms with E-state index in [0.29, 0.717) is 23.0 Å². The van der Waals surface area contributed by atoms with Crippen LogP contribution < -0.4 is 9.47 Å². The third-order valence-corrected chi connectivity index (χ3v) is 4.70. The molecule has 0 saturated carbocycles. The molecule has 1 unspecified atom stereocenters. The SMILES string of the molecule is CCC(C)Oc1nc2c(OC(C)C)cccn2c1C=C(C#N)C(=O)OCc1ccccc1. The predicted octanol–water partition coefficient (Wildman–Crippen LogP) is 4.95. The number of hydrogen-bond acceptors (Lipinski definition) is 6. The summed E-state index contributed by atoms with van der Waals surface area (Å²) in [5.41, 5.74) is 1.71. The number of ether oxygens (including phenoxy) is 3. The minimum Gasteiger partial charge on any atom is -0.487 e. The van der Waals surface area contributed by atoms with E-state index in [9.17, 15) is 10.1 Å². The van der Waals surface area contributed by atoms with Crippen molar-refractivity contribution in [2.45, 2.75) is 52.9 Å². The zero-order chi connectivity index (χ0) is 23.1. The average molecular weight is 434 g/mol. The molecule has 0 N–H and O–H groups in total. The molecule has 166 valence electrons. The number of fused-ring (bicyclic) bond motifs is 1. The molecule has 2 aromatic heterocycles. The Morgan fingerprint density at radius 2 is 1.91 bits per heavy atom. The molecule has 0 amide bonds. The zero-order valence-electron chi connectivity index (χ0n) is 18.7. The van der Waals surface area contributed by atoms with Crippen LogP contribution in [0.1, 0.15) is 45.4 Å². The van der Waals surface area contributed by atoms with E-state index in [1.165, 1.54) is 6.08 Å². The summed E-state index contributed by atoms with van der Waals surface area (Å²) in [6, 6.07) is 14.9. The van der Waals surface area contributed by atoms with Gasteiger partial charge in [0.1, 0.15) is 23.9 Å². The summed E-state index contributed by atoms with van der Waals surface area (Å²) in [5.74, 6) is 0.194. The van der Waals surface area contributed by atoms with Gasteiger partial charge in [-0.3, -0.25) is 4.40 Å². The van der Waals surface area contributed by atoms with Gasteiger partial charge in [-0.15, -0.1) is 0 Å². The molecule has 2 heterocycles. The molecule has 0 aliphatic heterocycles. The highest BCUT2D eigenvalue weighted by Crippen LogP contribution is 2.30. The fourth-order valence-corrected chi connectivity index (χ4v) is 2.95. The molecule has 3 rings (SSSR count). The van der Waals surface area contributed by atoms with Crippen molar-refractivity contribution in [3.05, 3.63) is 65.5 Å². The summed E-state index contributed by atoms with van der Waals surface area (Å²) in [6.07, 6.45) is 3.87. The first-order valence-electron chi connectivity index (χ1n) is 10.6. The van der Waals surface area contributed by atoms with Gasteiger partial charge in [-0.2, -0.15) is 10.2 Å². The largest absolute Gasteiger partial charge is 0.487 e. The van der Waals surface area contributed by atoms with Crippen LogP contribution in [0.4, 0.5) is 0 Å². The number of imidazole rings is 1. The van der Waals surface area contributed by atoms with Gasteiger partial charge in [0.15, 0.2) is 11.4 Å². The Kier molecular flexibility index (Phi) is 7.50. The van der Waals surface area contributed by atoms with Crippen LogP contribution in [0.25, 0.3) is 11.7 Å². The van der Waals surface area contributed by atoms with Crippen LogP contribution in [-0.4, -0.2) is 27.6 Å².